The predicted octanol–water partition coefficient (Wildman–Crippen LogP) is 2.50. The van der Waals surface area contributed by atoms with Crippen LogP contribution in [-0.4, -0.2) is 19.3 Å². The van der Waals surface area contributed by atoms with Crippen LogP contribution in [0.1, 0.15) is 19.4 Å². The molecule has 0 bridgehead atoms. The van der Waals surface area contributed by atoms with E-state index in [1.807, 2.05) is 45.0 Å². The third kappa shape index (κ3) is 6.70. The van der Waals surface area contributed by atoms with Crippen LogP contribution >= 0.6 is 0 Å². The highest BCUT2D eigenvalue weighted by Crippen LogP contribution is 2.10. The molecule has 2 N–H and O–H groups in total. The quantitative estimate of drug-likeness (QED) is 0.801. The highest BCUT2D eigenvalue weighted by molar-refractivity contribution is 5.64. The van der Waals surface area contributed by atoms with Crippen LogP contribution in [-0.2, 0) is 4.74 Å². The van der Waals surface area contributed by atoms with E-state index in [1.165, 1.54) is 5.56 Å². The molecule has 0 heterocycles. The van der Waals surface area contributed by atoms with Crippen LogP contribution in [0.3, 0.4) is 0 Å². The summed E-state index contributed by atoms with van der Waals surface area (Å²) < 4.78 is 9.78. The highest BCUT2D eigenvalue weighted by atomic mass is 16.6. The zero-order chi connectivity index (χ0) is 12.4. The average molecular weight is 225 g/mol. The number of nitrogens with two attached hydrogens (primary N) is 1. The Balaban J connectivity index is 0.00000106. The van der Waals surface area contributed by atoms with Crippen LogP contribution in [0.15, 0.2) is 24.3 Å². The smallest absolute Gasteiger partial charge is 0.404 e. The number of benzene rings is 1. The largest absolute Gasteiger partial charge is 0.490 e. The van der Waals surface area contributed by atoms with E-state index in [-0.39, 0.29) is 6.61 Å². The Morgan fingerprint density at radius 3 is 2.25 bits per heavy atom. The van der Waals surface area contributed by atoms with Crippen LogP contribution in [0.4, 0.5) is 4.79 Å². The minimum absolute atomic E-state index is 0.170. The van der Waals surface area contributed by atoms with Crippen LogP contribution in [0, 0.1) is 6.92 Å². The number of hydrogen-bond acceptors (Lipinski definition) is 3. The molecule has 1 amide bonds. The molecule has 0 spiro atoms. The minimum Gasteiger partial charge on any atom is -0.490 e. The summed E-state index contributed by atoms with van der Waals surface area (Å²) in [4.78, 5) is 10.2. The predicted molar refractivity (Wildman–Crippen MR) is 63.6 cm³/mol. The fourth-order valence-electron chi connectivity index (χ4n) is 0.936. The summed E-state index contributed by atoms with van der Waals surface area (Å²) in [6, 6.07) is 7.62. The van der Waals surface area contributed by atoms with Crippen molar-refractivity contribution in [3.05, 3.63) is 29.8 Å². The fraction of sp³-hybridized carbons (Fsp3) is 0.417. The number of carbonyl (C=O) groups is 1. The van der Waals surface area contributed by atoms with E-state index in [4.69, 9.17) is 10.5 Å². The summed E-state index contributed by atoms with van der Waals surface area (Å²) >= 11 is 0. The second-order valence-corrected chi connectivity index (χ2v) is 2.83. The highest BCUT2D eigenvalue weighted by Gasteiger charge is 1.95. The van der Waals surface area contributed by atoms with Gasteiger partial charge in [0.25, 0.3) is 0 Å². The summed E-state index contributed by atoms with van der Waals surface area (Å²) in [6.45, 7) is 6.48. The molecule has 1 rings (SSSR count). The summed E-state index contributed by atoms with van der Waals surface area (Å²) in [7, 11) is 0. The maximum Gasteiger partial charge on any atom is 0.404 e. The van der Waals surface area contributed by atoms with Gasteiger partial charge in [-0.05, 0) is 19.1 Å². The lowest BCUT2D eigenvalue weighted by atomic mass is 10.2. The standard InChI is InChI=1S/C10H13NO3.C2H6/c1-8-2-4-9(5-3-8)13-6-7-14-10(11)12;1-2/h2-5H,6-7H2,1H3,(H2,11,12);1-2H3. The van der Waals surface area contributed by atoms with Crippen molar-refractivity contribution in [2.75, 3.05) is 13.2 Å². The van der Waals surface area contributed by atoms with E-state index >= 15 is 0 Å². The van der Waals surface area contributed by atoms with Crippen molar-refractivity contribution >= 4 is 6.09 Å². The van der Waals surface area contributed by atoms with E-state index in [1.54, 1.807) is 0 Å². The number of hydrogen-bond donors (Lipinski definition) is 1. The molecule has 4 heteroatoms. The Bertz CT molecular complexity index is 296. The molecule has 0 atom stereocenters. The van der Waals surface area contributed by atoms with E-state index in [0.29, 0.717) is 6.61 Å². The van der Waals surface area contributed by atoms with Crippen molar-refractivity contribution in [2.24, 2.45) is 5.73 Å². The number of carbonyl (C=O) groups excluding carboxylic acids is 1. The van der Waals surface area contributed by atoms with Crippen LogP contribution in [0.5, 0.6) is 5.75 Å². The summed E-state index contributed by atoms with van der Waals surface area (Å²) in [5.74, 6) is 0.753. The molecule has 1 aromatic rings. The number of primary amides is 1. The Morgan fingerprint density at radius 1 is 1.19 bits per heavy atom. The first-order valence-corrected chi connectivity index (χ1v) is 5.30. The van der Waals surface area contributed by atoms with E-state index in [9.17, 15) is 4.79 Å². The number of ether oxygens (including phenoxy) is 2. The average Bonchev–Trinajstić information content (AvgIpc) is 2.29. The van der Waals surface area contributed by atoms with Crippen molar-refractivity contribution in [1.29, 1.82) is 0 Å². The summed E-state index contributed by atoms with van der Waals surface area (Å²) in [5, 5.41) is 0. The van der Waals surface area contributed by atoms with Crippen molar-refractivity contribution in [1.82, 2.24) is 0 Å². The van der Waals surface area contributed by atoms with Gasteiger partial charge in [0.05, 0.1) is 0 Å². The lowest BCUT2D eigenvalue weighted by molar-refractivity contribution is 0.134. The number of amides is 1. The Labute approximate surface area is 96.4 Å². The van der Waals surface area contributed by atoms with Crippen molar-refractivity contribution in [3.63, 3.8) is 0 Å². The van der Waals surface area contributed by atoms with Crippen LogP contribution < -0.4 is 10.5 Å². The first-order chi connectivity index (χ1) is 7.68. The first kappa shape index (κ1) is 14.3. The molecule has 0 aliphatic rings. The molecule has 0 aliphatic heterocycles. The fourth-order valence-corrected chi connectivity index (χ4v) is 0.936. The monoisotopic (exact) mass is 225 g/mol. The van der Waals surface area contributed by atoms with Gasteiger partial charge in [-0.1, -0.05) is 31.5 Å². The summed E-state index contributed by atoms with van der Waals surface area (Å²) in [5.41, 5.74) is 5.95. The SMILES string of the molecule is CC.Cc1ccc(OCCOC(N)=O)cc1. The molecule has 4 nitrogen and oxygen atoms in total. The maximum atomic E-state index is 10.2. The van der Waals surface area contributed by atoms with Crippen molar-refractivity contribution in [2.45, 2.75) is 20.8 Å². The van der Waals surface area contributed by atoms with Crippen LogP contribution in [0.25, 0.3) is 0 Å². The molecule has 0 saturated heterocycles. The van der Waals surface area contributed by atoms with Gasteiger partial charge >= 0.3 is 6.09 Å². The Hall–Kier alpha value is -1.71. The van der Waals surface area contributed by atoms with E-state index in [2.05, 4.69) is 4.74 Å². The number of aryl methyl sites for hydroxylation is 1. The Kier molecular flexibility index (Phi) is 7.67. The molecule has 0 aromatic heterocycles. The van der Waals surface area contributed by atoms with E-state index < -0.39 is 6.09 Å². The third-order valence-electron chi connectivity index (χ3n) is 1.62. The molecule has 16 heavy (non-hydrogen) atoms. The summed E-state index contributed by atoms with van der Waals surface area (Å²) in [6.07, 6.45) is -0.780. The van der Waals surface area contributed by atoms with Gasteiger partial charge in [0.15, 0.2) is 0 Å². The molecular formula is C12H19NO3. The van der Waals surface area contributed by atoms with Gasteiger partial charge in [-0.25, -0.2) is 4.79 Å². The van der Waals surface area contributed by atoms with Gasteiger partial charge in [0.2, 0.25) is 0 Å². The number of rotatable bonds is 4. The van der Waals surface area contributed by atoms with Gasteiger partial charge in [0, 0.05) is 0 Å². The lowest BCUT2D eigenvalue weighted by Gasteiger charge is -2.05. The minimum atomic E-state index is -0.780. The molecule has 0 unspecified atom stereocenters. The second-order valence-electron chi connectivity index (χ2n) is 2.83. The van der Waals surface area contributed by atoms with Crippen molar-refractivity contribution in [3.8, 4) is 5.75 Å². The molecule has 0 aliphatic carbocycles. The molecular weight excluding hydrogens is 206 g/mol. The van der Waals surface area contributed by atoms with Gasteiger partial charge < -0.3 is 15.2 Å². The van der Waals surface area contributed by atoms with E-state index in [0.717, 1.165) is 5.75 Å². The van der Waals surface area contributed by atoms with Gasteiger partial charge in [0.1, 0.15) is 19.0 Å². The lowest BCUT2D eigenvalue weighted by Crippen LogP contribution is -2.17. The van der Waals surface area contributed by atoms with Crippen molar-refractivity contribution < 1.29 is 14.3 Å². The van der Waals surface area contributed by atoms with Crippen LogP contribution in [0.2, 0.25) is 0 Å². The normalized spacial score (nSPS) is 8.69. The zero-order valence-electron chi connectivity index (χ0n) is 10.0. The molecule has 90 valence electrons. The van der Waals surface area contributed by atoms with Gasteiger partial charge in [-0.2, -0.15) is 0 Å². The van der Waals surface area contributed by atoms with Gasteiger partial charge in [-0.3, -0.25) is 0 Å². The maximum absolute atomic E-state index is 10.2. The first-order valence-electron chi connectivity index (χ1n) is 5.30. The molecule has 0 radical (unpaired) electrons. The second kappa shape index (κ2) is 8.59. The zero-order valence-corrected chi connectivity index (χ0v) is 10.0. The third-order valence-corrected chi connectivity index (χ3v) is 1.62. The molecule has 1 aromatic carbocycles. The Morgan fingerprint density at radius 2 is 1.75 bits per heavy atom. The molecule has 0 fully saturated rings. The topological polar surface area (TPSA) is 61.6 Å². The van der Waals surface area contributed by atoms with Gasteiger partial charge in [-0.15, -0.1) is 0 Å². The molecule has 0 saturated carbocycles.